The van der Waals surface area contributed by atoms with Crippen LogP contribution in [0.2, 0.25) is 0 Å². The van der Waals surface area contributed by atoms with Crippen molar-refractivity contribution in [2.24, 2.45) is 0 Å². The predicted molar refractivity (Wildman–Crippen MR) is 137 cm³/mol. The number of nitrogens with one attached hydrogen (secondary N) is 2. The third-order valence-corrected chi connectivity index (χ3v) is 6.65. The standard InChI is InChI=1S/C27H22N4O3S/c1-18-24(26(32)30-21-12-6-3-7-13-21)25(20-11-8-14-22(15-20)31(33)34)23(16-28)27(29-18)35-17-19-9-4-2-5-10-19/h2-15,25,29H,17H2,1H3,(H,30,32). The van der Waals surface area contributed by atoms with Crippen LogP contribution in [0.4, 0.5) is 11.4 Å². The molecule has 2 N–H and O–H groups in total. The molecule has 0 bridgehead atoms. The summed E-state index contributed by atoms with van der Waals surface area (Å²) >= 11 is 1.46. The first-order valence-corrected chi connectivity index (χ1v) is 11.9. The summed E-state index contributed by atoms with van der Waals surface area (Å²) < 4.78 is 0. The minimum Gasteiger partial charge on any atom is -0.353 e. The summed E-state index contributed by atoms with van der Waals surface area (Å²) in [6, 6.07) is 27.2. The maximum Gasteiger partial charge on any atom is 0.269 e. The Labute approximate surface area is 207 Å². The van der Waals surface area contributed by atoms with Crippen molar-refractivity contribution in [3.8, 4) is 6.07 Å². The Balaban J connectivity index is 1.76. The maximum absolute atomic E-state index is 13.4. The van der Waals surface area contributed by atoms with Gasteiger partial charge in [0, 0.05) is 34.8 Å². The lowest BCUT2D eigenvalue weighted by Gasteiger charge is -2.30. The molecule has 1 amide bonds. The van der Waals surface area contributed by atoms with Gasteiger partial charge in [0.25, 0.3) is 11.6 Å². The van der Waals surface area contributed by atoms with Crippen LogP contribution < -0.4 is 10.6 Å². The van der Waals surface area contributed by atoms with Crippen LogP contribution in [0.5, 0.6) is 0 Å². The van der Waals surface area contributed by atoms with Crippen molar-refractivity contribution in [1.29, 1.82) is 5.26 Å². The van der Waals surface area contributed by atoms with Crippen molar-refractivity contribution < 1.29 is 9.72 Å². The summed E-state index contributed by atoms with van der Waals surface area (Å²) in [6.07, 6.45) is 0. The van der Waals surface area contributed by atoms with Crippen LogP contribution in [0.1, 0.15) is 24.0 Å². The Morgan fingerprint density at radius 1 is 1.09 bits per heavy atom. The number of rotatable bonds is 7. The summed E-state index contributed by atoms with van der Waals surface area (Å²) in [5.41, 5.74) is 3.38. The summed E-state index contributed by atoms with van der Waals surface area (Å²) in [5.74, 6) is -0.518. The molecule has 0 saturated carbocycles. The van der Waals surface area contributed by atoms with Gasteiger partial charge in [0.05, 0.1) is 27.5 Å². The van der Waals surface area contributed by atoms with Crippen LogP contribution in [0.3, 0.4) is 0 Å². The number of non-ortho nitro benzene ring substituents is 1. The zero-order valence-electron chi connectivity index (χ0n) is 18.9. The van der Waals surface area contributed by atoms with Gasteiger partial charge in [0.1, 0.15) is 0 Å². The smallest absolute Gasteiger partial charge is 0.269 e. The van der Waals surface area contributed by atoms with Gasteiger partial charge < -0.3 is 10.6 Å². The molecule has 0 spiro atoms. The van der Waals surface area contributed by atoms with Crippen molar-refractivity contribution in [1.82, 2.24) is 5.32 Å². The van der Waals surface area contributed by atoms with Crippen LogP contribution >= 0.6 is 11.8 Å². The number of nitriles is 1. The number of nitro benzene ring substituents is 1. The average Bonchev–Trinajstić information content (AvgIpc) is 2.88. The highest BCUT2D eigenvalue weighted by atomic mass is 32.2. The molecule has 8 heteroatoms. The van der Waals surface area contributed by atoms with E-state index in [9.17, 15) is 20.2 Å². The average molecular weight is 483 g/mol. The van der Waals surface area contributed by atoms with Crippen LogP contribution in [0, 0.1) is 21.4 Å². The lowest BCUT2D eigenvalue weighted by Crippen LogP contribution is -2.30. The van der Waals surface area contributed by atoms with Crippen molar-refractivity contribution in [3.63, 3.8) is 0 Å². The van der Waals surface area contributed by atoms with E-state index in [0.717, 1.165) is 5.56 Å². The summed E-state index contributed by atoms with van der Waals surface area (Å²) in [5, 5.41) is 28.4. The molecule has 0 radical (unpaired) electrons. The number of amides is 1. The largest absolute Gasteiger partial charge is 0.353 e. The zero-order chi connectivity index (χ0) is 24.8. The number of hydrogen-bond donors (Lipinski definition) is 2. The normalized spacial score (nSPS) is 15.3. The van der Waals surface area contributed by atoms with Crippen molar-refractivity contribution in [2.75, 3.05) is 5.32 Å². The lowest BCUT2D eigenvalue weighted by atomic mass is 9.82. The first kappa shape index (κ1) is 23.8. The molecule has 0 saturated heterocycles. The Bertz CT molecular complexity index is 1360. The second-order valence-electron chi connectivity index (χ2n) is 7.90. The first-order chi connectivity index (χ1) is 17.0. The van der Waals surface area contributed by atoms with Gasteiger partial charge >= 0.3 is 0 Å². The number of para-hydroxylation sites is 1. The van der Waals surface area contributed by atoms with E-state index < -0.39 is 10.8 Å². The SMILES string of the molecule is CC1=C(C(=O)Nc2ccccc2)C(c2cccc([N+](=O)[O-])c2)C(C#N)=C(SCc2ccccc2)N1. The minimum atomic E-state index is -0.761. The Morgan fingerprint density at radius 3 is 2.43 bits per heavy atom. The van der Waals surface area contributed by atoms with Gasteiger partial charge in [0.2, 0.25) is 0 Å². The third kappa shape index (κ3) is 5.42. The number of hydrogen-bond acceptors (Lipinski definition) is 6. The molecule has 1 unspecified atom stereocenters. The highest BCUT2D eigenvalue weighted by Crippen LogP contribution is 2.42. The number of carbonyl (C=O) groups is 1. The maximum atomic E-state index is 13.4. The molecule has 1 aliphatic heterocycles. The molecule has 7 nitrogen and oxygen atoms in total. The van der Waals surface area contributed by atoms with Gasteiger partial charge in [-0.25, -0.2) is 0 Å². The number of anilines is 1. The predicted octanol–water partition coefficient (Wildman–Crippen LogP) is 5.86. The summed E-state index contributed by atoms with van der Waals surface area (Å²) in [7, 11) is 0. The molecule has 0 aromatic heterocycles. The van der Waals surface area contributed by atoms with E-state index in [0.29, 0.717) is 38.9 Å². The molecule has 1 heterocycles. The molecular formula is C27H22N4O3S. The number of carbonyl (C=O) groups excluding carboxylic acids is 1. The highest BCUT2D eigenvalue weighted by Gasteiger charge is 2.35. The van der Waals surface area contributed by atoms with Crippen molar-refractivity contribution in [2.45, 2.75) is 18.6 Å². The van der Waals surface area contributed by atoms with Gasteiger partial charge in [-0.2, -0.15) is 5.26 Å². The van der Waals surface area contributed by atoms with Gasteiger partial charge in [0.15, 0.2) is 0 Å². The Morgan fingerprint density at radius 2 is 1.77 bits per heavy atom. The fourth-order valence-electron chi connectivity index (χ4n) is 3.93. The number of benzene rings is 3. The van der Waals surface area contributed by atoms with Gasteiger partial charge in [-0.05, 0) is 30.2 Å². The fourth-order valence-corrected chi connectivity index (χ4v) is 4.98. The van der Waals surface area contributed by atoms with E-state index in [4.69, 9.17) is 0 Å². The molecule has 3 aromatic rings. The van der Waals surface area contributed by atoms with Gasteiger partial charge in [-0.1, -0.05) is 60.7 Å². The van der Waals surface area contributed by atoms with E-state index in [-0.39, 0.29) is 11.6 Å². The summed E-state index contributed by atoms with van der Waals surface area (Å²) in [6.45, 7) is 1.78. The quantitative estimate of drug-likeness (QED) is 0.322. The van der Waals surface area contributed by atoms with Crippen molar-refractivity contribution in [3.05, 3.63) is 128 Å². The van der Waals surface area contributed by atoms with Crippen LogP contribution in [-0.4, -0.2) is 10.8 Å². The zero-order valence-corrected chi connectivity index (χ0v) is 19.7. The lowest BCUT2D eigenvalue weighted by molar-refractivity contribution is -0.384. The van der Waals surface area contributed by atoms with Gasteiger partial charge in [-0.15, -0.1) is 11.8 Å². The molecule has 3 aromatic carbocycles. The molecule has 4 rings (SSSR count). The second kappa shape index (κ2) is 10.7. The third-order valence-electron chi connectivity index (χ3n) is 5.56. The number of nitrogens with zero attached hydrogens (tertiary/aromatic N) is 2. The molecule has 35 heavy (non-hydrogen) atoms. The van der Waals surface area contributed by atoms with Crippen molar-refractivity contribution >= 4 is 29.0 Å². The monoisotopic (exact) mass is 482 g/mol. The number of dihydropyridines is 1. The molecule has 0 fully saturated rings. The number of nitro groups is 1. The number of allylic oxidation sites excluding steroid dienone is 2. The molecule has 174 valence electrons. The van der Waals surface area contributed by atoms with Crippen LogP contribution in [0.25, 0.3) is 0 Å². The Kier molecular flexibility index (Phi) is 7.29. The van der Waals surface area contributed by atoms with E-state index in [1.807, 2.05) is 48.5 Å². The van der Waals surface area contributed by atoms with Gasteiger partial charge in [-0.3, -0.25) is 14.9 Å². The Hall–Kier alpha value is -4.35. The minimum absolute atomic E-state index is 0.0997. The molecule has 0 aliphatic carbocycles. The second-order valence-corrected chi connectivity index (χ2v) is 8.88. The van der Waals surface area contributed by atoms with E-state index >= 15 is 0 Å². The van der Waals surface area contributed by atoms with E-state index in [1.54, 1.807) is 31.2 Å². The van der Waals surface area contributed by atoms with E-state index in [1.165, 1.54) is 23.9 Å². The highest BCUT2D eigenvalue weighted by molar-refractivity contribution is 8.02. The van der Waals surface area contributed by atoms with Crippen LogP contribution in [0.15, 0.2) is 107 Å². The summed E-state index contributed by atoms with van der Waals surface area (Å²) in [4.78, 5) is 24.4. The fraction of sp³-hybridized carbons (Fsp3) is 0.111. The topological polar surface area (TPSA) is 108 Å². The number of thioether (sulfide) groups is 1. The van der Waals surface area contributed by atoms with Crippen LogP contribution in [-0.2, 0) is 10.5 Å². The van der Waals surface area contributed by atoms with E-state index in [2.05, 4.69) is 16.7 Å². The molecule has 1 atom stereocenters. The first-order valence-electron chi connectivity index (χ1n) is 10.9. The molecular weight excluding hydrogens is 460 g/mol. The molecule has 1 aliphatic rings.